The average molecular weight is 304 g/mol. The summed E-state index contributed by atoms with van der Waals surface area (Å²) in [5.74, 6) is -0.0576. The molecular weight excluding hydrogens is 287 g/mol. The number of rotatable bonds is 4. The minimum absolute atomic E-state index is 0.123. The third-order valence-electron chi connectivity index (χ3n) is 3.74. The summed E-state index contributed by atoms with van der Waals surface area (Å²) in [6.45, 7) is 3.09. The lowest BCUT2D eigenvalue weighted by Crippen LogP contribution is -2.36. The standard InChI is InChI=1S/C15H17FN4O2/c1-9-18-14(20-22-9)13(11-4-2-3-5-12(11)16)19-15(21)10-6-7-17-8-10/h2-5,10,13,17H,6-8H2,1H3,(H,19,21)/t10-,13-/m0/s1. The third kappa shape index (κ3) is 2.99. The molecule has 3 rings (SSSR count). The van der Waals surface area contributed by atoms with Gasteiger partial charge in [0.2, 0.25) is 11.8 Å². The Morgan fingerprint density at radius 1 is 1.50 bits per heavy atom. The quantitative estimate of drug-likeness (QED) is 0.891. The van der Waals surface area contributed by atoms with Crippen LogP contribution in [0.5, 0.6) is 0 Å². The van der Waals surface area contributed by atoms with Crippen molar-refractivity contribution in [2.24, 2.45) is 5.92 Å². The van der Waals surface area contributed by atoms with Crippen LogP contribution in [0.15, 0.2) is 28.8 Å². The van der Waals surface area contributed by atoms with Crippen LogP contribution in [0.1, 0.15) is 29.7 Å². The number of nitrogens with zero attached hydrogens (tertiary/aromatic N) is 2. The predicted molar refractivity (Wildman–Crippen MR) is 76.4 cm³/mol. The van der Waals surface area contributed by atoms with E-state index in [9.17, 15) is 9.18 Å². The van der Waals surface area contributed by atoms with E-state index in [0.29, 0.717) is 18.0 Å². The van der Waals surface area contributed by atoms with Crippen LogP contribution in [0.2, 0.25) is 0 Å². The highest BCUT2D eigenvalue weighted by atomic mass is 19.1. The van der Waals surface area contributed by atoms with Crippen molar-refractivity contribution in [1.29, 1.82) is 0 Å². The summed E-state index contributed by atoms with van der Waals surface area (Å²) >= 11 is 0. The van der Waals surface area contributed by atoms with Crippen LogP contribution >= 0.6 is 0 Å². The first-order valence-corrected chi connectivity index (χ1v) is 7.21. The second-order valence-corrected chi connectivity index (χ2v) is 5.32. The molecule has 0 radical (unpaired) electrons. The average Bonchev–Trinajstić information content (AvgIpc) is 3.17. The fraction of sp³-hybridized carbons (Fsp3) is 0.400. The van der Waals surface area contributed by atoms with E-state index < -0.39 is 11.9 Å². The number of carbonyl (C=O) groups excluding carboxylic acids is 1. The molecule has 0 saturated carbocycles. The zero-order valence-electron chi connectivity index (χ0n) is 12.2. The molecule has 1 aliphatic heterocycles. The summed E-state index contributed by atoms with van der Waals surface area (Å²) in [6, 6.07) is 5.51. The van der Waals surface area contributed by atoms with Crippen LogP contribution in [0.4, 0.5) is 4.39 Å². The van der Waals surface area contributed by atoms with Gasteiger partial charge in [-0.3, -0.25) is 4.79 Å². The lowest BCUT2D eigenvalue weighted by atomic mass is 10.0. The minimum atomic E-state index is -0.758. The Bertz CT molecular complexity index is 667. The Hall–Kier alpha value is -2.28. The Labute approximate surface area is 127 Å². The Morgan fingerprint density at radius 2 is 2.32 bits per heavy atom. The fourth-order valence-corrected chi connectivity index (χ4v) is 2.56. The number of halogens is 1. The van der Waals surface area contributed by atoms with Gasteiger partial charge >= 0.3 is 0 Å². The van der Waals surface area contributed by atoms with Crippen molar-refractivity contribution in [3.05, 3.63) is 47.4 Å². The number of benzene rings is 1. The molecular formula is C15H17FN4O2. The second kappa shape index (κ2) is 6.23. The first kappa shape index (κ1) is 14.6. The van der Waals surface area contributed by atoms with Gasteiger partial charge in [0.1, 0.15) is 11.9 Å². The van der Waals surface area contributed by atoms with Gasteiger partial charge in [0, 0.05) is 19.0 Å². The zero-order valence-corrected chi connectivity index (χ0v) is 12.2. The molecule has 0 spiro atoms. The molecule has 1 fully saturated rings. The SMILES string of the molecule is Cc1nc([C@@H](NC(=O)[C@H]2CCNC2)c2ccccc2F)no1. The summed E-state index contributed by atoms with van der Waals surface area (Å²) in [7, 11) is 0. The normalized spacial score (nSPS) is 19.1. The van der Waals surface area contributed by atoms with Gasteiger partial charge in [0.05, 0.1) is 5.92 Å². The van der Waals surface area contributed by atoms with Crippen molar-refractivity contribution >= 4 is 5.91 Å². The van der Waals surface area contributed by atoms with E-state index in [-0.39, 0.29) is 17.6 Å². The molecule has 2 aromatic rings. The number of aryl methyl sites for hydroxylation is 1. The summed E-state index contributed by atoms with van der Waals surface area (Å²) < 4.78 is 19.1. The van der Waals surface area contributed by atoms with E-state index in [4.69, 9.17) is 4.52 Å². The van der Waals surface area contributed by atoms with Crippen molar-refractivity contribution in [3.8, 4) is 0 Å². The molecule has 7 heteroatoms. The molecule has 6 nitrogen and oxygen atoms in total. The molecule has 2 atom stereocenters. The van der Waals surface area contributed by atoms with Gasteiger partial charge in [-0.1, -0.05) is 23.4 Å². The molecule has 2 heterocycles. The van der Waals surface area contributed by atoms with Crippen LogP contribution in [-0.2, 0) is 4.79 Å². The molecule has 22 heavy (non-hydrogen) atoms. The van der Waals surface area contributed by atoms with Gasteiger partial charge in [0.25, 0.3) is 0 Å². The summed E-state index contributed by atoms with van der Waals surface area (Å²) in [5, 5.41) is 9.81. The van der Waals surface area contributed by atoms with Crippen molar-refractivity contribution < 1.29 is 13.7 Å². The minimum Gasteiger partial charge on any atom is -0.341 e. The summed E-state index contributed by atoms with van der Waals surface area (Å²) in [4.78, 5) is 16.5. The Kier molecular flexibility index (Phi) is 4.15. The van der Waals surface area contributed by atoms with E-state index in [1.54, 1.807) is 25.1 Å². The Balaban J connectivity index is 1.89. The first-order valence-electron chi connectivity index (χ1n) is 7.21. The number of amides is 1. The van der Waals surface area contributed by atoms with Gasteiger partial charge in [-0.05, 0) is 19.0 Å². The molecule has 1 aliphatic rings. The van der Waals surface area contributed by atoms with Crippen molar-refractivity contribution in [2.45, 2.75) is 19.4 Å². The van der Waals surface area contributed by atoms with E-state index in [1.807, 2.05) is 0 Å². The highest BCUT2D eigenvalue weighted by Crippen LogP contribution is 2.23. The third-order valence-corrected chi connectivity index (χ3v) is 3.74. The molecule has 1 saturated heterocycles. The number of hydrogen-bond acceptors (Lipinski definition) is 5. The smallest absolute Gasteiger partial charge is 0.225 e. The molecule has 2 N–H and O–H groups in total. The maximum absolute atomic E-state index is 14.1. The molecule has 1 aromatic heterocycles. The predicted octanol–water partition coefficient (Wildman–Crippen LogP) is 1.33. The maximum atomic E-state index is 14.1. The number of hydrogen-bond donors (Lipinski definition) is 2. The van der Waals surface area contributed by atoms with Crippen molar-refractivity contribution in [1.82, 2.24) is 20.8 Å². The molecule has 1 amide bonds. The van der Waals surface area contributed by atoms with E-state index in [1.165, 1.54) is 6.07 Å². The zero-order chi connectivity index (χ0) is 15.5. The van der Waals surface area contributed by atoms with E-state index in [0.717, 1.165) is 13.0 Å². The van der Waals surface area contributed by atoms with Crippen molar-refractivity contribution in [3.63, 3.8) is 0 Å². The lowest BCUT2D eigenvalue weighted by molar-refractivity contribution is -0.125. The van der Waals surface area contributed by atoms with Crippen LogP contribution in [0.25, 0.3) is 0 Å². The topological polar surface area (TPSA) is 80.0 Å². The first-order chi connectivity index (χ1) is 10.6. The van der Waals surface area contributed by atoms with Gasteiger partial charge < -0.3 is 15.2 Å². The number of nitrogens with one attached hydrogen (secondary N) is 2. The van der Waals surface area contributed by atoms with Gasteiger partial charge in [-0.25, -0.2) is 4.39 Å². The number of aromatic nitrogens is 2. The molecule has 0 bridgehead atoms. The molecule has 116 valence electrons. The van der Waals surface area contributed by atoms with Gasteiger partial charge in [-0.2, -0.15) is 4.98 Å². The molecule has 1 aromatic carbocycles. The van der Waals surface area contributed by atoms with Gasteiger partial charge in [-0.15, -0.1) is 0 Å². The highest BCUT2D eigenvalue weighted by molar-refractivity contribution is 5.80. The highest BCUT2D eigenvalue weighted by Gasteiger charge is 2.29. The van der Waals surface area contributed by atoms with Crippen LogP contribution in [0.3, 0.4) is 0 Å². The largest absolute Gasteiger partial charge is 0.341 e. The van der Waals surface area contributed by atoms with E-state index >= 15 is 0 Å². The van der Waals surface area contributed by atoms with Gasteiger partial charge in [0.15, 0.2) is 5.82 Å². The lowest BCUT2D eigenvalue weighted by Gasteiger charge is -2.18. The Morgan fingerprint density at radius 3 is 2.95 bits per heavy atom. The molecule has 0 unspecified atom stereocenters. The van der Waals surface area contributed by atoms with Crippen molar-refractivity contribution in [2.75, 3.05) is 13.1 Å². The van der Waals surface area contributed by atoms with Crippen LogP contribution < -0.4 is 10.6 Å². The molecule has 0 aliphatic carbocycles. The maximum Gasteiger partial charge on any atom is 0.225 e. The summed E-state index contributed by atoms with van der Waals surface area (Å²) in [5.41, 5.74) is 0.322. The second-order valence-electron chi connectivity index (χ2n) is 5.32. The summed E-state index contributed by atoms with van der Waals surface area (Å²) in [6.07, 6.45) is 0.765. The fourth-order valence-electron chi connectivity index (χ4n) is 2.56. The number of carbonyl (C=O) groups is 1. The van der Waals surface area contributed by atoms with E-state index in [2.05, 4.69) is 20.8 Å². The van der Waals surface area contributed by atoms with Crippen LogP contribution in [0, 0.1) is 18.7 Å². The monoisotopic (exact) mass is 304 g/mol. The van der Waals surface area contributed by atoms with Crippen LogP contribution in [-0.4, -0.2) is 29.1 Å².